The molecule has 5 heteroatoms. The Morgan fingerprint density at radius 2 is 2.26 bits per heavy atom. The molecule has 0 bridgehead atoms. The summed E-state index contributed by atoms with van der Waals surface area (Å²) in [5.74, 6) is -0.170. The lowest BCUT2D eigenvalue weighted by molar-refractivity contribution is -0.143. The van der Waals surface area contributed by atoms with Gasteiger partial charge >= 0.3 is 5.97 Å². The molecule has 1 aliphatic rings. The van der Waals surface area contributed by atoms with E-state index in [0.29, 0.717) is 6.04 Å². The van der Waals surface area contributed by atoms with Crippen LogP contribution in [0.3, 0.4) is 0 Å². The number of esters is 1. The molecule has 1 saturated heterocycles. The van der Waals surface area contributed by atoms with Gasteiger partial charge in [0.15, 0.2) is 0 Å². The number of morpholine rings is 1. The molecule has 1 N–H and O–H groups in total. The lowest BCUT2D eigenvalue weighted by Crippen LogP contribution is -2.50. The minimum Gasteiger partial charge on any atom is -0.468 e. The van der Waals surface area contributed by atoms with Gasteiger partial charge in [-0.05, 0) is 26.3 Å². The predicted molar refractivity (Wildman–Crippen MR) is 75.2 cm³/mol. The van der Waals surface area contributed by atoms with Gasteiger partial charge in [0.25, 0.3) is 0 Å². The molecule has 0 saturated carbocycles. The average Bonchev–Trinajstić information content (AvgIpc) is 2.42. The maximum absolute atomic E-state index is 11.7. The molecular weight excluding hydrogens is 244 g/mol. The number of methoxy groups -OCH3 is 1. The Hall–Kier alpha value is -0.650. The van der Waals surface area contributed by atoms with E-state index >= 15 is 0 Å². The van der Waals surface area contributed by atoms with Crippen molar-refractivity contribution in [2.24, 2.45) is 0 Å². The maximum Gasteiger partial charge on any atom is 0.322 e. The number of ether oxygens (including phenoxy) is 2. The van der Waals surface area contributed by atoms with Gasteiger partial charge in [0, 0.05) is 19.1 Å². The quantitative estimate of drug-likeness (QED) is 0.702. The van der Waals surface area contributed by atoms with E-state index in [1.165, 1.54) is 7.11 Å². The molecule has 0 aromatic rings. The van der Waals surface area contributed by atoms with Crippen molar-refractivity contribution in [2.45, 2.75) is 51.8 Å². The summed E-state index contributed by atoms with van der Waals surface area (Å²) in [6.07, 6.45) is 2.14. The van der Waals surface area contributed by atoms with E-state index in [4.69, 9.17) is 9.47 Å². The summed E-state index contributed by atoms with van der Waals surface area (Å²) in [5, 5.41) is 3.18. The largest absolute Gasteiger partial charge is 0.468 e. The van der Waals surface area contributed by atoms with Crippen LogP contribution in [0.4, 0.5) is 0 Å². The van der Waals surface area contributed by atoms with Crippen LogP contribution in [0.15, 0.2) is 0 Å². The summed E-state index contributed by atoms with van der Waals surface area (Å²) in [7, 11) is 1.44. The van der Waals surface area contributed by atoms with Crippen LogP contribution in [-0.4, -0.2) is 62.4 Å². The standard InChI is InChI=1S/C14H28N2O3/c1-5-12-10-19-11(3)9-16(12)8-7-13(15-6-2)14(17)18-4/h11-13,15H,5-10H2,1-4H3. The van der Waals surface area contributed by atoms with Gasteiger partial charge in [0.05, 0.1) is 19.8 Å². The van der Waals surface area contributed by atoms with Crippen LogP contribution in [0.25, 0.3) is 0 Å². The summed E-state index contributed by atoms with van der Waals surface area (Å²) >= 11 is 0. The summed E-state index contributed by atoms with van der Waals surface area (Å²) < 4.78 is 10.5. The number of likely N-dealkylation sites (N-methyl/N-ethyl adjacent to an activating group) is 1. The highest BCUT2D eigenvalue weighted by molar-refractivity contribution is 5.75. The van der Waals surface area contributed by atoms with Crippen molar-refractivity contribution in [2.75, 3.05) is 33.4 Å². The normalized spacial score (nSPS) is 26.1. The number of carbonyl (C=O) groups is 1. The molecule has 1 fully saturated rings. The summed E-state index contributed by atoms with van der Waals surface area (Å²) in [6, 6.07) is 0.266. The molecule has 1 aliphatic heterocycles. The Morgan fingerprint density at radius 1 is 1.53 bits per heavy atom. The van der Waals surface area contributed by atoms with Crippen molar-refractivity contribution < 1.29 is 14.3 Å². The van der Waals surface area contributed by atoms with Gasteiger partial charge in [-0.3, -0.25) is 9.69 Å². The maximum atomic E-state index is 11.7. The van der Waals surface area contributed by atoms with Crippen molar-refractivity contribution >= 4 is 5.97 Å². The molecule has 5 nitrogen and oxygen atoms in total. The monoisotopic (exact) mass is 272 g/mol. The highest BCUT2D eigenvalue weighted by Gasteiger charge is 2.27. The Bertz CT molecular complexity index is 273. The van der Waals surface area contributed by atoms with Crippen LogP contribution in [0, 0.1) is 0 Å². The van der Waals surface area contributed by atoms with Crippen LogP contribution in [0.2, 0.25) is 0 Å². The molecule has 0 aromatic heterocycles. The van der Waals surface area contributed by atoms with Gasteiger partial charge in [-0.25, -0.2) is 0 Å². The molecule has 3 unspecified atom stereocenters. The van der Waals surface area contributed by atoms with Gasteiger partial charge in [-0.15, -0.1) is 0 Å². The lowest BCUT2D eigenvalue weighted by atomic mass is 10.1. The Morgan fingerprint density at radius 3 is 2.84 bits per heavy atom. The van der Waals surface area contributed by atoms with E-state index in [9.17, 15) is 4.79 Å². The van der Waals surface area contributed by atoms with Crippen molar-refractivity contribution in [1.29, 1.82) is 0 Å². The zero-order valence-electron chi connectivity index (χ0n) is 12.6. The van der Waals surface area contributed by atoms with E-state index in [1.54, 1.807) is 0 Å². The summed E-state index contributed by atoms with van der Waals surface area (Å²) in [5.41, 5.74) is 0. The number of nitrogens with zero attached hydrogens (tertiary/aromatic N) is 1. The van der Waals surface area contributed by atoms with Crippen LogP contribution >= 0.6 is 0 Å². The van der Waals surface area contributed by atoms with Gasteiger partial charge in [-0.2, -0.15) is 0 Å². The number of rotatable bonds is 7. The second-order valence-corrected chi connectivity index (χ2v) is 5.12. The molecule has 1 heterocycles. The van der Waals surface area contributed by atoms with Gasteiger partial charge in [0.1, 0.15) is 6.04 Å². The van der Waals surface area contributed by atoms with Crippen molar-refractivity contribution in [3.8, 4) is 0 Å². The zero-order valence-corrected chi connectivity index (χ0v) is 12.6. The fourth-order valence-corrected chi connectivity index (χ4v) is 2.55. The smallest absolute Gasteiger partial charge is 0.322 e. The minimum atomic E-state index is -0.203. The predicted octanol–water partition coefficient (Wildman–Crippen LogP) is 1.03. The molecule has 0 radical (unpaired) electrons. The van der Waals surface area contributed by atoms with E-state index in [-0.39, 0.29) is 18.1 Å². The second kappa shape index (κ2) is 8.51. The fourth-order valence-electron chi connectivity index (χ4n) is 2.55. The molecule has 1 rings (SSSR count). The molecule has 0 aromatic carbocycles. The molecule has 0 spiro atoms. The van der Waals surface area contributed by atoms with Gasteiger partial charge < -0.3 is 14.8 Å². The topological polar surface area (TPSA) is 50.8 Å². The van der Waals surface area contributed by atoms with E-state index in [2.05, 4.69) is 24.1 Å². The minimum absolute atomic E-state index is 0.170. The summed E-state index contributed by atoms with van der Waals surface area (Å²) in [4.78, 5) is 14.1. The van der Waals surface area contributed by atoms with Crippen LogP contribution < -0.4 is 5.32 Å². The molecule has 0 amide bonds. The number of carbonyl (C=O) groups excluding carboxylic acids is 1. The summed E-state index contributed by atoms with van der Waals surface area (Å²) in [6.45, 7) is 9.69. The van der Waals surface area contributed by atoms with E-state index < -0.39 is 0 Å². The number of hydrogen-bond acceptors (Lipinski definition) is 5. The Kier molecular flexibility index (Phi) is 7.34. The SMILES string of the molecule is CCNC(CCN1CC(C)OCC1CC)C(=O)OC. The molecule has 19 heavy (non-hydrogen) atoms. The highest BCUT2D eigenvalue weighted by atomic mass is 16.5. The Balaban J connectivity index is 2.48. The van der Waals surface area contributed by atoms with Crippen molar-refractivity contribution in [3.63, 3.8) is 0 Å². The van der Waals surface area contributed by atoms with Crippen LogP contribution in [0.5, 0.6) is 0 Å². The van der Waals surface area contributed by atoms with Crippen LogP contribution in [-0.2, 0) is 14.3 Å². The van der Waals surface area contributed by atoms with Gasteiger partial charge in [0.2, 0.25) is 0 Å². The first kappa shape index (κ1) is 16.4. The van der Waals surface area contributed by atoms with Crippen molar-refractivity contribution in [1.82, 2.24) is 10.2 Å². The number of hydrogen-bond donors (Lipinski definition) is 1. The third-order valence-corrected chi connectivity index (χ3v) is 3.69. The van der Waals surface area contributed by atoms with Crippen LogP contribution in [0.1, 0.15) is 33.6 Å². The number of nitrogens with one attached hydrogen (secondary N) is 1. The first-order valence-electron chi connectivity index (χ1n) is 7.29. The van der Waals surface area contributed by atoms with Gasteiger partial charge in [-0.1, -0.05) is 13.8 Å². The molecule has 112 valence electrons. The average molecular weight is 272 g/mol. The fraction of sp³-hybridized carbons (Fsp3) is 0.929. The third-order valence-electron chi connectivity index (χ3n) is 3.69. The van der Waals surface area contributed by atoms with Crippen molar-refractivity contribution in [3.05, 3.63) is 0 Å². The lowest BCUT2D eigenvalue weighted by Gasteiger charge is -2.38. The highest BCUT2D eigenvalue weighted by Crippen LogP contribution is 2.15. The first-order chi connectivity index (χ1) is 9.12. The van der Waals surface area contributed by atoms with E-state index in [0.717, 1.165) is 39.1 Å². The Labute approximate surface area is 116 Å². The van der Waals surface area contributed by atoms with E-state index in [1.807, 2.05) is 6.92 Å². The zero-order chi connectivity index (χ0) is 14.3. The molecule has 3 atom stereocenters. The first-order valence-corrected chi connectivity index (χ1v) is 7.29. The second-order valence-electron chi connectivity index (χ2n) is 5.12. The third kappa shape index (κ3) is 5.09. The molecular formula is C14H28N2O3. The molecule has 0 aliphatic carbocycles.